The Morgan fingerprint density at radius 3 is 2.21 bits per heavy atom. The number of nitrogens with zero attached hydrogens (tertiary/aromatic N) is 3. The first-order valence-corrected chi connectivity index (χ1v) is 9.59. The zero-order valence-electron chi connectivity index (χ0n) is 15.9. The first-order valence-electron chi connectivity index (χ1n) is 9.59. The van der Waals surface area contributed by atoms with Crippen LogP contribution in [-0.2, 0) is 17.8 Å². The van der Waals surface area contributed by atoms with E-state index in [1.807, 2.05) is 6.07 Å². The maximum Gasteiger partial charge on any atom is 0.269 e. The monoisotopic (exact) mass is 382 g/mol. The van der Waals surface area contributed by atoms with Crippen LogP contribution in [-0.4, -0.2) is 59.9 Å². The molecule has 148 valence electrons. The largest absolute Gasteiger partial charge is 0.355 e. The number of rotatable bonds is 8. The molecule has 3 rings (SSSR count). The number of piperazine rings is 1. The fourth-order valence-electron chi connectivity index (χ4n) is 3.35. The van der Waals surface area contributed by atoms with Crippen molar-refractivity contribution in [3.8, 4) is 0 Å². The van der Waals surface area contributed by atoms with Crippen LogP contribution in [0, 0.1) is 10.1 Å². The molecule has 7 heteroatoms. The van der Waals surface area contributed by atoms with Crippen molar-refractivity contribution in [2.45, 2.75) is 13.0 Å². The predicted octanol–water partition coefficient (Wildman–Crippen LogP) is 2.07. The van der Waals surface area contributed by atoms with E-state index in [1.54, 1.807) is 12.1 Å². The molecule has 0 aromatic heterocycles. The summed E-state index contributed by atoms with van der Waals surface area (Å²) in [6, 6.07) is 16.6. The zero-order valence-corrected chi connectivity index (χ0v) is 15.9. The highest BCUT2D eigenvalue weighted by atomic mass is 16.6. The van der Waals surface area contributed by atoms with E-state index in [0.717, 1.165) is 44.8 Å². The molecule has 1 amide bonds. The van der Waals surface area contributed by atoms with Gasteiger partial charge in [-0.2, -0.15) is 0 Å². The lowest BCUT2D eigenvalue weighted by molar-refractivity contribution is -0.384. The average Bonchev–Trinajstić information content (AvgIpc) is 2.70. The number of hydrogen-bond acceptors (Lipinski definition) is 5. The lowest BCUT2D eigenvalue weighted by Crippen LogP contribution is -2.48. The molecule has 2 aromatic carbocycles. The lowest BCUT2D eigenvalue weighted by atomic mass is 10.1. The van der Waals surface area contributed by atoms with E-state index in [0.29, 0.717) is 6.54 Å². The number of carbonyl (C=O) groups excluding carboxylic acids is 1. The van der Waals surface area contributed by atoms with Gasteiger partial charge in [0, 0.05) is 57.9 Å². The number of carbonyl (C=O) groups is 1. The summed E-state index contributed by atoms with van der Waals surface area (Å²) in [4.78, 5) is 27.1. The van der Waals surface area contributed by atoms with Crippen molar-refractivity contribution in [1.29, 1.82) is 0 Å². The number of nitro benzene ring substituents is 1. The van der Waals surface area contributed by atoms with Crippen LogP contribution >= 0.6 is 0 Å². The van der Waals surface area contributed by atoms with Crippen molar-refractivity contribution in [2.75, 3.05) is 39.3 Å². The summed E-state index contributed by atoms with van der Waals surface area (Å²) in [6.07, 6.45) is 0.239. The molecular formula is C21H26N4O3. The van der Waals surface area contributed by atoms with Crippen LogP contribution in [0.3, 0.4) is 0 Å². The van der Waals surface area contributed by atoms with Gasteiger partial charge in [-0.25, -0.2) is 0 Å². The Labute approximate surface area is 165 Å². The average molecular weight is 382 g/mol. The highest BCUT2D eigenvalue weighted by molar-refractivity contribution is 5.78. The Balaban J connectivity index is 1.32. The van der Waals surface area contributed by atoms with Crippen molar-refractivity contribution in [3.63, 3.8) is 0 Å². The quantitative estimate of drug-likeness (QED) is 0.559. The smallest absolute Gasteiger partial charge is 0.269 e. The van der Waals surface area contributed by atoms with Crippen LogP contribution in [0.15, 0.2) is 54.6 Å². The van der Waals surface area contributed by atoms with Crippen LogP contribution in [0.4, 0.5) is 5.69 Å². The minimum Gasteiger partial charge on any atom is -0.355 e. The molecule has 1 heterocycles. The third kappa shape index (κ3) is 6.14. The van der Waals surface area contributed by atoms with Crippen LogP contribution in [0.25, 0.3) is 0 Å². The SMILES string of the molecule is O=C(Cc1ccc([N+](=O)[O-])cc1)NCCN1CCN(Cc2ccccc2)CC1. The van der Waals surface area contributed by atoms with Gasteiger partial charge in [-0.15, -0.1) is 0 Å². The van der Waals surface area contributed by atoms with Gasteiger partial charge in [0.15, 0.2) is 0 Å². The molecule has 0 saturated carbocycles. The van der Waals surface area contributed by atoms with E-state index in [2.05, 4.69) is 39.4 Å². The molecule has 1 fully saturated rings. The van der Waals surface area contributed by atoms with Gasteiger partial charge in [-0.3, -0.25) is 24.7 Å². The Morgan fingerprint density at radius 2 is 1.57 bits per heavy atom. The highest BCUT2D eigenvalue weighted by Crippen LogP contribution is 2.12. The topological polar surface area (TPSA) is 78.7 Å². The number of nitrogens with one attached hydrogen (secondary N) is 1. The second kappa shape index (κ2) is 9.96. The molecule has 0 atom stereocenters. The Bertz CT molecular complexity index is 772. The van der Waals surface area contributed by atoms with Gasteiger partial charge < -0.3 is 5.32 Å². The van der Waals surface area contributed by atoms with Crippen molar-refractivity contribution < 1.29 is 9.72 Å². The molecule has 0 spiro atoms. The summed E-state index contributed by atoms with van der Waals surface area (Å²) in [5.41, 5.74) is 2.16. The summed E-state index contributed by atoms with van der Waals surface area (Å²) >= 11 is 0. The lowest BCUT2D eigenvalue weighted by Gasteiger charge is -2.34. The van der Waals surface area contributed by atoms with E-state index in [1.165, 1.54) is 17.7 Å². The van der Waals surface area contributed by atoms with Crippen molar-refractivity contribution in [3.05, 3.63) is 75.8 Å². The number of benzene rings is 2. The van der Waals surface area contributed by atoms with E-state index in [4.69, 9.17) is 0 Å². The van der Waals surface area contributed by atoms with Gasteiger partial charge in [-0.1, -0.05) is 42.5 Å². The van der Waals surface area contributed by atoms with Crippen LogP contribution in [0.5, 0.6) is 0 Å². The summed E-state index contributed by atoms with van der Waals surface area (Å²) in [5, 5.41) is 13.6. The van der Waals surface area contributed by atoms with Gasteiger partial charge in [0.1, 0.15) is 0 Å². The number of nitro groups is 1. The summed E-state index contributed by atoms with van der Waals surface area (Å²) < 4.78 is 0. The van der Waals surface area contributed by atoms with E-state index >= 15 is 0 Å². The Hall–Kier alpha value is -2.77. The predicted molar refractivity (Wildman–Crippen MR) is 108 cm³/mol. The molecule has 1 N–H and O–H groups in total. The molecule has 0 aliphatic carbocycles. The van der Waals surface area contributed by atoms with Crippen LogP contribution in [0.2, 0.25) is 0 Å². The second-order valence-electron chi connectivity index (χ2n) is 7.05. The summed E-state index contributed by atoms with van der Waals surface area (Å²) in [6.45, 7) is 6.52. The third-order valence-electron chi connectivity index (χ3n) is 4.98. The number of hydrogen-bond donors (Lipinski definition) is 1. The van der Waals surface area contributed by atoms with Gasteiger partial charge in [-0.05, 0) is 11.1 Å². The first kappa shape index (κ1) is 20.0. The molecule has 7 nitrogen and oxygen atoms in total. The van der Waals surface area contributed by atoms with Gasteiger partial charge in [0.25, 0.3) is 5.69 Å². The molecule has 0 radical (unpaired) electrons. The van der Waals surface area contributed by atoms with Crippen LogP contribution < -0.4 is 5.32 Å². The fraction of sp³-hybridized carbons (Fsp3) is 0.381. The van der Waals surface area contributed by atoms with E-state index in [9.17, 15) is 14.9 Å². The molecule has 0 bridgehead atoms. The van der Waals surface area contributed by atoms with Crippen molar-refractivity contribution in [2.24, 2.45) is 0 Å². The van der Waals surface area contributed by atoms with Crippen molar-refractivity contribution >= 4 is 11.6 Å². The fourth-order valence-corrected chi connectivity index (χ4v) is 3.35. The van der Waals surface area contributed by atoms with Crippen molar-refractivity contribution in [1.82, 2.24) is 15.1 Å². The third-order valence-corrected chi connectivity index (χ3v) is 4.98. The molecule has 1 aliphatic heterocycles. The Morgan fingerprint density at radius 1 is 0.929 bits per heavy atom. The summed E-state index contributed by atoms with van der Waals surface area (Å²) in [7, 11) is 0. The molecule has 28 heavy (non-hydrogen) atoms. The maximum atomic E-state index is 12.1. The maximum absolute atomic E-state index is 12.1. The van der Waals surface area contributed by atoms with Gasteiger partial charge in [0.05, 0.1) is 11.3 Å². The summed E-state index contributed by atoms with van der Waals surface area (Å²) in [5.74, 6) is -0.0587. The standard InChI is InChI=1S/C21H26N4O3/c26-21(16-18-6-8-20(9-7-18)25(27)28)22-10-11-23-12-14-24(15-13-23)17-19-4-2-1-3-5-19/h1-9H,10-17H2,(H,22,26). The number of non-ortho nitro benzene ring substituents is 1. The highest BCUT2D eigenvalue weighted by Gasteiger charge is 2.16. The molecule has 0 unspecified atom stereocenters. The minimum absolute atomic E-state index is 0.0376. The van der Waals surface area contributed by atoms with E-state index in [-0.39, 0.29) is 18.0 Å². The Kier molecular flexibility index (Phi) is 7.11. The van der Waals surface area contributed by atoms with Crippen LogP contribution in [0.1, 0.15) is 11.1 Å². The molecular weight excluding hydrogens is 356 g/mol. The normalized spacial score (nSPS) is 15.3. The molecule has 1 saturated heterocycles. The van der Waals surface area contributed by atoms with E-state index < -0.39 is 4.92 Å². The van der Waals surface area contributed by atoms with Gasteiger partial charge >= 0.3 is 0 Å². The minimum atomic E-state index is -0.441. The van der Waals surface area contributed by atoms with Gasteiger partial charge in [0.2, 0.25) is 5.91 Å². The first-order chi connectivity index (χ1) is 13.6. The molecule has 1 aliphatic rings. The number of amides is 1. The zero-order chi connectivity index (χ0) is 19.8. The molecule has 2 aromatic rings. The second-order valence-corrected chi connectivity index (χ2v) is 7.05.